The first-order chi connectivity index (χ1) is 9.72. The molecule has 4 N–H and O–H groups in total. The Balaban J connectivity index is 2.13. The molecular weight excluding hydrogens is 252 g/mol. The number of nitrogens with zero attached hydrogens (tertiary/aromatic N) is 2. The SMILES string of the molecule is N#Cc1cc(N)cnc1NC(CO)Cc1ccccc1. The van der Waals surface area contributed by atoms with Gasteiger partial charge in [-0.05, 0) is 18.1 Å². The summed E-state index contributed by atoms with van der Waals surface area (Å²) >= 11 is 0. The summed E-state index contributed by atoms with van der Waals surface area (Å²) in [5, 5.41) is 21.6. The van der Waals surface area contributed by atoms with Crippen LogP contribution < -0.4 is 11.1 Å². The van der Waals surface area contributed by atoms with Crippen LogP contribution in [0.15, 0.2) is 42.6 Å². The predicted molar refractivity (Wildman–Crippen MR) is 78.0 cm³/mol. The highest BCUT2D eigenvalue weighted by Crippen LogP contribution is 2.16. The van der Waals surface area contributed by atoms with Crippen molar-refractivity contribution in [1.29, 1.82) is 5.26 Å². The summed E-state index contributed by atoms with van der Waals surface area (Å²) in [6.45, 7) is -0.0498. The number of aliphatic hydroxyl groups excluding tert-OH is 1. The molecular formula is C15H16N4O. The van der Waals surface area contributed by atoms with E-state index in [-0.39, 0.29) is 12.6 Å². The number of aliphatic hydroxyl groups is 1. The monoisotopic (exact) mass is 268 g/mol. The van der Waals surface area contributed by atoms with Gasteiger partial charge in [0, 0.05) is 0 Å². The zero-order valence-electron chi connectivity index (χ0n) is 11.0. The second kappa shape index (κ2) is 6.55. The molecule has 1 unspecified atom stereocenters. The summed E-state index contributed by atoms with van der Waals surface area (Å²) in [4.78, 5) is 4.11. The van der Waals surface area contributed by atoms with Crippen molar-refractivity contribution in [3.8, 4) is 6.07 Å². The minimum atomic E-state index is -0.208. The maximum Gasteiger partial charge on any atom is 0.144 e. The maximum atomic E-state index is 9.47. The van der Waals surface area contributed by atoms with Crippen molar-refractivity contribution < 1.29 is 5.11 Å². The number of hydrogen-bond acceptors (Lipinski definition) is 5. The normalized spacial score (nSPS) is 11.6. The Morgan fingerprint density at radius 1 is 1.35 bits per heavy atom. The highest BCUT2D eigenvalue weighted by atomic mass is 16.3. The van der Waals surface area contributed by atoms with E-state index in [1.54, 1.807) is 6.07 Å². The number of nitrogens with one attached hydrogen (secondary N) is 1. The van der Waals surface area contributed by atoms with Crippen LogP contribution in [-0.2, 0) is 6.42 Å². The molecule has 5 heteroatoms. The van der Waals surface area contributed by atoms with Gasteiger partial charge in [0.1, 0.15) is 11.9 Å². The number of pyridine rings is 1. The second-order valence-electron chi connectivity index (χ2n) is 4.49. The number of hydrogen-bond donors (Lipinski definition) is 3. The van der Waals surface area contributed by atoms with E-state index >= 15 is 0 Å². The summed E-state index contributed by atoms with van der Waals surface area (Å²) in [7, 11) is 0. The fourth-order valence-corrected chi connectivity index (χ4v) is 1.93. The lowest BCUT2D eigenvalue weighted by Gasteiger charge is -2.17. The molecule has 0 radical (unpaired) electrons. The van der Waals surface area contributed by atoms with Gasteiger partial charge < -0.3 is 16.2 Å². The van der Waals surface area contributed by atoms with Gasteiger partial charge in [0.15, 0.2) is 0 Å². The molecule has 0 aliphatic carbocycles. The van der Waals surface area contributed by atoms with Crippen molar-refractivity contribution in [1.82, 2.24) is 4.98 Å². The molecule has 1 heterocycles. The molecule has 102 valence electrons. The summed E-state index contributed by atoms with van der Waals surface area (Å²) in [5.41, 5.74) is 7.52. The Morgan fingerprint density at radius 3 is 2.75 bits per heavy atom. The number of nitrogens with two attached hydrogens (primary N) is 1. The average Bonchev–Trinajstić information content (AvgIpc) is 2.49. The molecule has 0 fully saturated rings. The van der Waals surface area contributed by atoms with Crippen LogP contribution in [0.4, 0.5) is 11.5 Å². The lowest BCUT2D eigenvalue weighted by molar-refractivity contribution is 0.273. The van der Waals surface area contributed by atoms with Crippen molar-refractivity contribution in [3.05, 3.63) is 53.7 Å². The Labute approximate surface area is 117 Å². The molecule has 20 heavy (non-hydrogen) atoms. The number of nitriles is 1. The first kappa shape index (κ1) is 13.8. The highest BCUT2D eigenvalue weighted by Gasteiger charge is 2.12. The zero-order chi connectivity index (χ0) is 14.4. The van der Waals surface area contributed by atoms with Gasteiger partial charge in [0.2, 0.25) is 0 Å². The Kier molecular flexibility index (Phi) is 4.53. The van der Waals surface area contributed by atoms with E-state index in [2.05, 4.69) is 10.3 Å². The third-order valence-corrected chi connectivity index (χ3v) is 2.92. The van der Waals surface area contributed by atoms with Crippen molar-refractivity contribution in [3.63, 3.8) is 0 Å². The van der Waals surface area contributed by atoms with E-state index in [9.17, 15) is 5.11 Å². The largest absolute Gasteiger partial charge is 0.397 e. The summed E-state index contributed by atoms with van der Waals surface area (Å²) in [6.07, 6.45) is 2.13. The van der Waals surface area contributed by atoms with Crippen LogP contribution in [0.3, 0.4) is 0 Å². The van der Waals surface area contributed by atoms with Gasteiger partial charge in [0.25, 0.3) is 0 Å². The summed E-state index contributed by atoms with van der Waals surface area (Å²) in [6, 6.07) is 13.2. The number of nitrogen functional groups attached to an aromatic ring is 1. The van der Waals surface area contributed by atoms with Crippen molar-refractivity contribution >= 4 is 11.5 Å². The quantitative estimate of drug-likeness (QED) is 0.764. The predicted octanol–water partition coefficient (Wildman–Crippen LogP) is 1.55. The standard InChI is InChI=1S/C15H16N4O/c16-8-12-7-13(17)9-18-15(12)19-14(10-20)6-11-4-2-1-3-5-11/h1-5,7,9,14,20H,6,10,17H2,(H,18,19). The van der Waals surface area contributed by atoms with Crippen LogP contribution in [0.25, 0.3) is 0 Å². The minimum Gasteiger partial charge on any atom is -0.397 e. The van der Waals surface area contributed by atoms with Gasteiger partial charge in [-0.3, -0.25) is 0 Å². The molecule has 2 rings (SSSR count). The second-order valence-corrected chi connectivity index (χ2v) is 4.49. The van der Waals surface area contributed by atoms with Crippen molar-refractivity contribution in [2.45, 2.75) is 12.5 Å². The lowest BCUT2D eigenvalue weighted by Crippen LogP contribution is -2.27. The van der Waals surface area contributed by atoms with E-state index in [4.69, 9.17) is 11.0 Å². The van der Waals surface area contributed by atoms with Gasteiger partial charge in [-0.2, -0.15) is 5.26 Å². The molecule has 1 atom stereocenters. The van der Waals surface area contributed by atoms with Crippen LogP contribution in [0.5, 0.6) is 0 Å². The van der Waals surface area contributed by atoms with Gasteiger partial charge >= 0.3 is 0 Å². The topological polar surface area (TPSA) is 95.0 Å². The van der Waals surface area contributed by atoms with Gasteiger partial charge in [-0.15, -0.1) is 0 Å². The van der Waals surface area contributed by atoms with E-state index < -0.39 is 0 Å². The molecule has 1 aromatic carbocycles. The first-order valence-electron chi connectivity index (χ1n) is 6.30. The zero-order valence-corrected chi connectivity index (χ0v) is 11.0. The Morgan fingerprint density at radius 2 is 2.10 bits per heavy atom. The van der Waals surface area contributed by atoms with E-state index in [0.717, 1.165) is 5.56 Å². The minimum absolute atomic E-state index is 0.0498. The fraction of sp³-hybridized carbons (Fsp3) is 0.200. The number of anilines is 2. The fourth-order valence-electron chi connectivity index (χ4n) is 1.93. The molecule has 1 aromatic heterocycles. The van der Waals surface area contributed by atoms with Crippen LogP contribution in [-0.4, -0.2) is 22.7 Å². The summed E-state index contributed by atoms with van der Waals surface area (Å²) in [5.74, 6) is 0.441. The van der Waals surface area contributed by atoms with E-state index in [0.29, 0.717) is 23.5 Å². The van der Waals surface area contributed by atoms with Gasteiger partial charge in [-0.1, -0.05) is 30.3 Å². The average molecular weight is 268 g/mol. The molecule has 2 aromatic rings. The highest BCUT2D eigenvalue weighted by molar-refractivity contribution is 5.57. The first-order valence-corrected chi connectivity index (χ1v) is 6.30. The maximum absolute atomic E-state index is 9.47. The molecule has 0 bridgehead atoms. The molecule has 0 spiro atoms. The number of aromatic nitrogens is 1. The molecule has 5 nitrogen and oxygen atoms in total. The summed E-state index contributed by atoms with van der Waals surface area (Å²) < 4.78 is 0. The molecule has 0 aliphatic heterocycles. The van der Waals surface area contributed by atoms with Crippen LogP contribution >= 0.6 is 0 Å². The third kappa shape index (κ3) is 3.46. The molecule has 0 aliphatic rings. The molecule has 0 saturated carbocycles. The van der Waals surface area contributed by atoms with Crippen LogP contribution in [0.2, 0.25) is 0 Å². The van der Waals surface area contributed by atoms with Crippen LogP contribution in [0.1, 0.15) is 11.1 Å². The molecule has 0 saturated heterocycles. The molecule has 0 amide bonds. The Hall–Kier alpha value is -2.58. The smallest absolute Gasteiger partial charge is 0.144 e. The van der Waals surface area contributed by atoms with E-state index in [1.807, 2.05) is 36.4 Å². The van der Waals surface area contributed by atoms with Crippen molar-refractivity contribution in [2.75, 3.05) is 17.7 Å². The third-order valence-electron chi connectivity index (χ3n) is 2.92. The lowest BCUT2D eigenvalue weighted by atomic mass is 10.1. The Bertz CT molecular complexity index is 607. The van der Waals surface area contributed by atoms with Crippen molar-refractivity contribution in [2.24, 2.45) is 0 Å². The van der Waals surface area contributed by atoms with E-state index in [1.165, 1.54) is 6.20 Å². The number of benzene rings is 1. The van der Waals surface area contributed by atoms with Gasteiger partial charge in [-0.25, -0.2) is 4.98 Å². The van der Waals surface area contributed by atoms with Crippen LogP contribution in [0, 0.1) is 11.3 Å². The van der Waals surface area contributed by atoms with Gasteiger partial charge in [0.05, 0.1) is 30.1 Å². The number of rotatable bonds is 5.